The number of nitrogens with zero attached hydrogens (tertiary/aromatic N) is 6. The monoisotopic (exact) mass is 570 g/mol. The van der Waals surface area contributed by atoms with E-state index >= 15 is 0 Å². The van der Waals surface area contributed by atoms with Gasteiger partial charge in [0.25, 0.3) is 5.69 Å². The van der Waals surface area contributed by atoms with Gasteiger partial charge in [-0.05, 0) is 11.6 Å². The molecule has 41 heavy (non-hydrogen) atoms. The summed E-state index contributed by atoms with van der Waals surface area (Å²) in [6, 6.07) is 12.5. The number of carbonyl (C=O) groups is 1. The van der Waals surface area contributed by atoms with Crippen LogP contribution in [-0.2, 0) is 12.1 Å². The molecule has 1 aliphatic rings. The minimum atomic E-state index is -5.06. The first kappa shape index (κ1) is 28.0. The highest BCUT2D eigenvalue weighted by atomic mass is 19.4. The molecule has 2 aromatic carbocycles. The zero-order chi connectivity index (χ0) is 29.4. The van der Waals surface area contributed by atoms with Crippen LogP contribution in [0.4, 0.5) is 24.8 Å². The Labute approximate surface area is 231 Å². The molecule has 0 bridgehead atoms. The molecule has 2 aromatic heterocycles. The van der Waals surface area contributed by atoms with Crippen LogP contribution in [0.25, 0.3) is 10.9 Å². The molecule has 214 valence electrons. The van der Waals surface area contributed by atoms with Gasteiger partial charge in [0.15, 0.2) is 0 Å². The largest absolute Gasteiger partial charge is 0.478 e. The number of alkyl halides is 3. The van der Waals surface area contributed by atoms with E-state index in [2.05, 4.69) is 9.97 Å². The van der Waals surface area contributed by atoms with Crippen LogP contribution in [0.1, 0.15) is 21.5 Å². The quantitative estimate of drug-likeness (QED) is 0.240. The van der Waals surface area contributed by atoms with Crippen LogP contribution in [-0.4, -0.2) is 79.4 Å². The fraction of sp³-hybridized carbons (Fsp3) is 0.296. The third-order valence-corrected chi connectivity index (χ3v) is 7.18. The maximum Gasteiger partial charge on any atom is 0.422 e. The first-order valence-corrected chi connectivity index (χ1v) is 12.6. The number of aliphatic hydroxyl groups is 1. The van der Waals surface area contributed by atoms with E-state index in [1.165, 1.54) is 27.8 Å². The number of aromatic nitrogens is 3. The van der Waals surface area contributed by atoms with Crippen LogP contribution in [0, 0.1) is 10.1 Å². The van der Waals surface area contributed by atoms with E-state index in [0.717, 1.165) is 24.0 Å². The Kier molecular flexibility index (Phi) is 7.36. The highest BCUT2D eigenvalue weighted by molar-refractivity contribution is 5.87. The maximum atomic E-state index is 14.7. The fourth-order valence-corrected chi connectivity index (χ4v) is 4.99. The first-order chi connectivity index (χ1) is 19.5. The Morgan fingerprint density at radius 1 is 1.02 bits per heavy atom. The number of rotatable bonds is 8. The summed E-state index contributed by atoms with van der Waals surface area (Å²) in [4.78, 5) is 33.1. The van der Waals surface area contributed by atoms with Gasteiger partial charge in [0.05, 0.1) is 16.0 Å². The summed E-state index contributed by atoms with van der Waals surface area (Å²) in [5.41, 5.74) is -3.05. The van der Waals surface area contributed by atoms with Crippen molar-refractivity contribution in [2.24, 2.45) is 0 Å². The lowest BCUT2D eigenvalue weighted by atomic mass is 9.91. The summed E-state index contributed by atoms with van der Waals surface area (Å²) < 4.78 is 45.6. The number of carboxylic acid groups (broad SMARTS) is 1. The summed E-state index contributed by atoms with van der Waals surface area (Å²) >= 11 is 0. The summed E-state index contributed by atoms with van der Waals surface area (Å²) in [5.74, 6) is -0.918. The van der Waals surface area contributed by atoms with Crippen LogP contribution in [0.15, 0.2) is 67.1 Å². The van der Waals surface area contributed by atoms with Gasteiger partial charge < -0.3 is 19.7 Å². The minimum Gasteiger partial charge on any atom is -0.478 e. The number of nitro benzene ring substituents is 1. The number of piperazine rings is 1. The highest BCUT2D eigenvalue weighted by Gasteiger charge is 2.57. The lowest BCUT2D eigenvalue weighted by Crippen LogP contribution is -2.56. The first-order valence-electron chi connectivity index (χ1n) is 12.6. The van der Waals surface area contributed by atoms with Crippen molar-refractivity contribution in [2.75, 3.05) is 37.6 Å². The van der Waals surface area contributed by atoms with E-state index in [4.69, 9.17) is 5.11 Å². The lowest BCUT2D eigenvalue weighted by Gasteiger charge is -2.40. The summed E-state index contributed by atoms with van der Waals surface area (Å²) in [7, 11) is 0. The second kappa shape index (κ2) is 10.8. The molecule has 1 aliphatic heterocycles. The van der Waals surface area contributed by atoms with Crippen molar-refractivity contribution < 1.29 is 33.1 Å². The van der Waals surface area contributed by atoms with Crippen molar-refractivity contribution in [1.82, 2.24) is 19.4 Å². The van der Waals surface area contributed by atoms with Gasteiger partial charge in [0, 0.05) is 80.9 Å². The highest BCUT2D eigenvalue weighted by Crippen LogP contribution is 2.44. The molecule has 2 N–H and O–H groups in total. The molecule has 1 atom stereocenters. The zero-order valence-electron chi connectivity index (χ0n) is 21.5. The van der Waals surface area contributed by atoms with Crippen molar-refractivity contribution >= 4 is 28.5 Å². The van der Waals surface area contributed by atoms with Gasteiger partial charge in [0.1, 0.15) is 0 Å². The summed E-state index contributed by atoms with van der Waals surface area (Å²) in [5, 5.41) is 31.9. The number of nitro groups is 1. The smallest absolute Gasteiger partial charge is 0.422 e. The fourth-order valence-electron chi connectivity index (χ4n) is 4.99. The molecule has 3 heterocycles. The third-order valence-electron chi connectivity index (χ3n) is 7.18. The Bertz CT molecular complexity index is 1570. The topological polar surface area (TPSA) is 138 Å². The van der Waals surface area contributed by atoms with Crippen LogP contribution < -0.4 is 4.90 Å². The molecule has 0 saturated carbocycles. The van der Waals surface area contributed by atoms with E-state index in [9.17, 15) is 33.2 Å². The Balaban J connectivity index is 1.45. The van der Waals surface area contributed by atoms with E-state index in [-0.39, 0.29) is 66.4 Å². The van der Waals surface area contributed by atoms with Crippen molar-refractivity contribution in [2.45, 2.75) is 18.3 Å². The molecular formula is C27H25F3N6O5. The normalized spacial score (nSPS) is 16.0. The summed E-state index contributed by atoms with van der Waals surface area (Å²) in [6.45, 7) is 0.189. The Morgan fingerprint density at radius 2 is 1.68 bits per heavy atom. The number of hydrogen-bond donors (Lipinski definition) is 2. The minimum absolute atomic E-state index is 0.0666. The van der Waals surface area contributed by atoms with Crippen LogP contribution in [0.3, 0.4) is 0 Å². The SMILES string of the molecule is O=C(O)c1cnc(N2CCN(CC(O)(c3cn(Cc4ccccc4)c4cc([N+](=O)[O-])ccc34)C(F)(F)F)CC2)nc1. The van der Waals surface area contributed by atoms with Crippen molar-refractivity contribution in [3.63, 3.8) is 0 Å². The standard InChI is InChI=1S/C27H25F3N6O5/c28-27(29,30)26(39,17-33-8-10-34(11-9-33)25-31-13-19(14-32-25)24(37)38)22-16-35(15-18-4-2-1-3-5-18)23-12-20(36(40)41)6-7-21(22)23/h1-7,12-14,16,39H,8-11,15,17H2,(H,37,38). The molecule has 5 rings (SSSR count). The van der Waals surface area contributed by atoms with Gasteiger partial charge in [-0.15, -0.1) is 0 Å². The molecule has 11 nitrogen and oxygen atoms in total. The average Bonchev–Trinajstić information content (AvgIpc) is 3.31. The number of β-amino-alcohol motifs (C(OH)–C–C–N with tert-alkyl or cyclic N) is 1. The number of benzene rings is 2. The van der Waals surface area contributed by atoms with Gasteiger partial charge in [-0.1, -0.05) is 30.3 Å². The van der Waals surface area contributed by atoms with E-state index < -0.39 is 29.2 Å². The number of non-ortho nitro benzene ring substituents is 1. The van der Waals surface area contributed by atoms with Gasteiger partial charge in [0.2, 0.25) is 11.5 Å². The number of halogens is 3. The van der Waals surface area contributed by atoms with Crippen LogP contribution in [0.5, 0.6) is 0 Å². The van der Waals surface area contributed by atoms with Gasteiger partial charge in [-0.3, -0.25) is 15.0 Å². The molecule has 1 fully saturated rings. The third kappa shape index (κ3) is 5.56. The predicted octanol–water partition coefficient (Wildman–Crippen LogP) is 3.66. The van der Waals surface area contributed by atoms with Crippen molar-refractivity contribution in [3.8, 4) is 0 Å². The number of aromatic carboxylic acids is 1. The lowest BCUT2D eigenvalue weighted by molar-refractivity contribution is -0.384. The molecule has 0 spiro atoms. The molecule has 0 radical (unpaired) electrons. The van der Waals surface area contributed by atoms with Gasteiger partial charge in [-0.25, -0.2) is 14.8 Å². The molecule has 14 heteroatoms. The summed E-state index contributed by atoms with van der Waals surface area (Å²) in [6.07, 6.45) is -1.51. The molecule has 1 unspecified atom stereocenters. The number of anilines is 1. The number of hydrogen-bond acceptors (Lipinski definition) is 8. The second-order valence-corrected chi connectivity index (χ2v) is 9.81. The molecule has 4 aromatic rings. The van der Waals surface area contributed by atoms with Gasteiger partial charge in [-0.2, -0.15) is 13.2 Å². The Morgan fingerprint density at radius 3 is 2.27 bits per heavy atom. The molecule has 0 aliphatic carbocycles. The van der Waals surface area contributed by atoms with Crippen LogP contribution in [0.2, 0.25) is 0 Å². The molecule has 0 amide bonds. The number of carboxylic acids is 1. The maximum absolute atomic E-state index is 14.7. The van der Waals surface area contributed by atoms with Crippen molar-refractivity contribution in [1.29, 1.82) is 0 Å². The van der Waals surface area contributed by atoms with Crippen molar-refractivity contribution in [3.05, 3.63) is 93.9 Å². The zero-order valence-corrected chi connectivity index (χ0v) is 21.5. The Hall–Kier alpha value is -4.56. The number of fused-ring (bicyclic) bond motifs is 1. The predicted molar refractivity (Wildman–Crippen MR) is 142 cm³/mol. The van der Waals surface area contributed by atoms with Crippen LogP contribution >= 0.6 is 0 Å². The second-order valence-electron chi connectivity index (χ2n) is 9.81. The van der Waals surface area contributed by atoms with E-state index in [1.54, 1.807) is 35.2 Å². The van der Waals surface area contributed by atoms with E-state index in [0.29, 0.717) is 0 Å². The van der Waals surface area contributed by atoms with E-state index in [1.807, 2.05) is 0 Å². The molecular weight excluding hydrogens is 545 g/mol. The average molecular weight is 571 g/mol. The van der Waals surface area contributed by atoms with Gasteiger partial charge >= 0.3 is 12.1 Å². The molecule has 1 saturated heterocycles.